The number of imidazole rings is 1. The zero-order valence-electron chi connectivity index (χ0n) is 46.0. The van der Waals surface area contributed by atoms with Crippen LogP contribution in [-0.2, 0) is 39.9 Å². The number of nitrogens with zero attached hydrogens (tertiary/aromatic N) is 6. The fraction of sp³-hybridized carbons (Fsp3) is 0.258. The summed E-state index contributed by atoms with van der Waals surface area (Å²) in [7, 11) is -8.81. The van der Waals surface area contributed by atoms with Crippen LogP contribution in [0.1, 0.15) is 65.6 Å². The smallest absolute Gasteiger partial charge is 0.374 e. The molecule has 0 saturated heterocycles. The molecule has 20 heteroatoms. The number of anilines is 3. The highest BCUT2D eigenvalue weighted by Gasteiger charge is 2.32. The van der Waals surface area contributed by atoms with Gasteiger partial charge in [0, 0.05) is 67.9 Å². The summed E-state index contributed by atoms with van der Waals surface area (Å²) in [4.78, 5) is 6.39. The van der Waals surface area contributed by atoms with Gasteiger partial charge in [0.15, 0.2) is 23.3 Å². The number of fused-ring (bicyclic) bond motifs is 4. The molecule has 14 nitrogen and oxygen atoms in total. The quantitative estimate of drug-likeness (QED) is 0.0560. The van der Waals surface area contributed by atoms with Gasteiger partial charge in [-0.3, -0.25) is 0 Å². The standard InChI is InChI=1S/C37H36N2O8S2.C25H27Cl4N4/c1-2-27(23-36-38(19-9-21-48(40,41)42)32-25-30(15-17-34(32)46-36)28-11-5-3-6-12-28)24-37-39(20-10-22-49(43,44)45)33-26-31(16-18-35(33)47-37)29-13-7-4-8-14-29;1-5-30-20-12-16(26)17(27)13-21(20)31(6-2)24(30)10-9-11-25-32(7-3)22-14-18(28)19(29)15-23(22)33(25)8-4/h3-8,11-18,23-26H,2,9-10,19-22H2,1H3,(H-,40,41,42,43,44,45);9-15H,5-8H2,1-4H3/q;+1/p-1. The van der Waals surface area contributed by atoms with Crippen molar-refractivity contribution in [1.82, 2.24) is 4.57 Å². The molecule has 8 aromatic rings. The van der Waals surface area contributed by atoms with Crippen molar-refractivity contribution in [3.8, 4) is 28.0 Å². The highest BCUT2D eigenvalue weighted by Crippen LogP contribution is 2.46. The Hall–Kier alpha value is -6.60. The van der Waals surface area contributed by atoms with Gasteiger partial charge < -0.3 is 33.0 Å². The average Bonchev–Trinajstić information content (AvgIpc) is 4.21. The molecule has 0 N–H and O–H groups in total. The number of halogens is 4. The Morgan fingerprint density at radius 1 is 0.610 bits per heavy atom. The summed E-state index contributed by atoms with van der Waals surface area (Å²) in [6, 6.07) is 39.1. The SMILES string of the molecule is CCC(=C/c1oc2ccc(-c3ccccc3)cc2[n+]1CCCS(=O)(=O)[O-])/C=C1/Oc2ccc(-c3ccccc3)cc2N1CCCS(=O)(=O)[O-].CCN1C(=C/C=C\c2n(CC)c3cc(Cl)c(Cl)cc3[n+]2CC)N(CC)c2cc(Cl)c(Cl)cc21. The van der Waals surface area contributed by atoms with Crippen molar-refractivity contribution in [2.45, 2.75) is 73.5 Å². The third kappa shape index (κ3) is 13.4. The van der Waals surface area contributed by atoms with Crippen LogP contribution in [0.5, 0.6) is 5.75 Å². The zero-order chi connectivity index (χ0) is 58.5. The molecule has 0 aliphatic carbocycles. The maximum atomic E-state index is 11.4. The molecule has 2 aliphatic rings. The second kappa shape index (κ2) is 25.9. The molecule has 0 radical (unpaired) electrons. The van der Waals surface area contributed by atoms with Gasteiger partial charge in [-0.15, -0.1) is 0 Å². The predicted octanol–water partition coefficient (Wildman–Crippen LogP) is 14.3. The zero-order valence-corrected chi connectivity index (χ0v) is 50.6. The van der Waals surface area contributed by atoms with Crippen LogP contribution in [0.15, 0.2) is 161 Å². The number of aryl methyl sites for hydroxylation is 3. The van der Waals surface area contributed by atoms with Crippen LogP contribution in [-0.4, -0.2) is 61.6 Å². The first kappa shape index (κ1) is 60.0. The minimum Gasteiger partial charge on any atom is -0.748 e. The number of rotatable bonds is 19. The summed E-state index contributed by atoms with van der Waals surface area (Å²) < 4.78 is 87.6. The number of hydrogen-bond acceptors (Lipinski definition) is 11. The van der Waals surface area contributed by atoms with E-state index < -0.39 is 31.7 Å². The molecular weight excluding hydrogens is 1160 g/mol. The van der Waals surface area contributed by atoms with Gasteiger partial charge in [-0.05, 0) is 105 Å². The molecule has 0 bridgehead atoms. The fourth-order valence-electron chi connectivity index (χ4n) is 10.5. The van der Waals surface area contributed by atoms with E-state index in [-0.39, 0.29) is 25.9 Å². The van der Waals surface area contributed by atoms with Gasteiger partial charge in [-0.1, -0.05) is 132 Å². The minimum absolute atomic E-state index is 0.0999. The van der Waals surface area contributed by atoms with E-state index in [4.69, 9.17) is 55.6 Å². The number of allylic oxidation sites excluding steroid dienone is 4. The van der Waals surface area contributed by atoms with Gasteiger partial charge in [-0.2, -0.15) is 4.57 Å². The molecule has 10 rings (SSSR count). The number of hydrogen-bond donors (Lipinski definition) is 0. The van der Waals surface area contributed by atoms with Crippen molar-refractivity contribution in [1.29, 1.82) is 0 Å². The van der Waals surface area contributed by atoms with Gasteiger partial charge in [0.1, 0.15) is 5.82 Å². The maximum Gasteiger partial charge on any atom is 0.374 e. The maximum absolute atomic E-state index is 11.4. The predicted molar refractivity (Wildman–Crippen MR) is 330 cm³/mol. The molecule has 0 saturated carbocycles. The second-order valence-corrected chi connectivity index (χ2v) is 24.1. The minimum atomic E-state index is -4.41. The summed E-state index contributed by atoms with van der Waals surface area (Å²) in [6.45, 7) is 14.3. The summed E-state index contributed by atoms with van der Waals surface area (Å²) in [6.07, 6.45) is 10.9. The topological polar surface area (TPSA) is 159 Å². The summed E-state index contributed by atoms with van der Waals surface area (Å²) in [5.41, 5.74) is 11.1. The largest absolute Gasteiger partial charge is 0.748 e. The lowest BCUT2D eigenvalue weighted by Gasteiger charge is -2.23. The number of aromatic nitrogens is 3. The van der Waals surface area contributed by atoms with Crippen molar-refractivity contribution in [3.63, 3.8) is 0 Å². The molecule has 2 aliphatic heterocycles. The monoisotopic (exact) mass is 1220 g/mol. The van der Waals surface area contributed by atoms with Crippen molar-refractivity contribution in [2.24, 2.45) is 0 Å². The molecule has 0 fully saturated rings. The molecule has 0 spiro atoms. The average molecular weight is 1230 g/mol. The second-order valence-electron chi connectivity index (χ2n) is 19.5. The highest BCUT2D eigenvalue weighted by molar-refractivity contribution is 7.85. The van der Waals surface area contributed by atoms with E-state index in [1.807, 2.05) is 150 Å². The van der Waals surface area contributed by atoms with Crippen LogP contribution in [0.4, 0.5) is 17.1 Å². The van der Waals surface area contributed by atoms with Gasteiger partial charge in [0.25, 0.3) is 11.3 Å². The molecule has 0 atom stereocenters. The highest BCUT2D eigenvalue weighted by atomic mass is 35.5. The number of benzene rings is 6. The van der Waals surface area contributed by atoms with Crippen molar-refractivity contribution >= 4 is 118 Å². The molecule has 82 heavy (non-hydrogen) atoms. The third-order valence-corrected chi connectivity index (χ3v) is 17.3. The van der Waals surface area contributed by atoms with Crippen LogP contribution < -0.4 is 28.6 Å². The van der Waals surface area contributed by atoms with Crippen LogP contribution in [0.25, 0.3) is 56.5 Å². The van der Waals surface area contributed by atoms with E-state index in [1.165, 1.54) is 0 Å². The normalized spacial score (nSPS) is 14.1. The Balaban J connectivity index is 0.000000213. The molecule has 2 aromatic heterocycles. The van der Waals surface area contributed by atoms with Crippen LogP contribution in [0.2, 0.25) is 20.1 Å². The Labute approximate surface area is 499 Å². The van der Waals surface area contributed by atoms with E-state index >= 15 is 0 Å². The van der Waals surface area contributed by atoms with Gasteiger partial charge in [0.2, 0.25) is 11.5 Å². The summed E-state index contributed by atoms with van der Waals surface area (Å²) in [5, 5.41) is 2.26. The number of ether oxygens (including phenoxy) is 1. The molecular formula is C62H62Cl4N6O8S2. The van der Waals surface area contributed by atoms with E-state index in [9.17, 15) is 25.9 Å². The lowest BCUT2D eigenvalue weighted by atomic mass is 10.0. The van der Waals surface area contributed by atoms with E-state index in [0.29, 0.717) is 49.6 Å². The summed E-state index contributed by atoms with van der Waals surface area (Å²) in [5.74, 6) is 2.69. The Bertz CT molecular complexity index is 3950. The first-order chi connectivity index (χ1) is 39.3. The third-order valence-electron chi connectivity index (χ3n) is 14.3. The molecule has 0 amide bonds. The lowest BCUT2D eigenvalue weighted by molar-refractivity contribution is -0.677. The molecule has 0 unspecified atom stereocenters. The van der Waals surface area contributed by atoms with Gasteiger partial charge in [0.05, 0.1) is 76.6 Å². The first-order valence-electron chi connectivity index (χ1n) is 27.1. The molecule has 6 aromatic carbocycles. The van der Waals surface area contributed by atoms with Gasteiger partial charge in [-0.25, -0.2) is 26.0 Å². The van der Waals surface area contributed by atoms with Crippen LogP contribution >= 0.6 is 46.4 Å². The molecule has 4 heterocycles. The van der Waals surface area contributed by atoms with E-state index in [2.05, 4.69) is 64.9 Å². The van der Waals surface area contributed by atoms with Gasteiger partial charge >= 0.3 is 5.89 Å². The van der Waals surface area contributed by atoms with Crippen LogP contribution in [0.3, 0.4) is 0 Å². The Morgan fingerprint density at radius 2 is 1.20 bits per heavy atom. The molecule has 428 valence electrons. The summed E-state index contributed by atoms with van der Waals surface area (Å²) >= 11 is 25.3. The van der Waals surface area contributed by atoms with Crippen molar-refractivity contribution < 1.29 is 44.2 Å². The van der Waals surface area contributed by atoms with E-state index in [1.54, 1.807) is 0 Å². The fourth-order valence-corrected chi connectivity index (χ4v) is 12.1. The van der Waals surface area contributed by atoms with Crippen molar-refractivity contribution in [3.05, 3.63) is 189 Å². The lowest BCUT2D eigenvalue weighted by Crippen LogP contribution is -2.36. The Morgan fingerprint density at radius 3 is 1.78 bits per heavy atom. The Kier molecular flexibility index (Phi) is 19.0. The van der Waals surface area contributed by atoms with Crippen LogP contribution in [0, 0.1) is 0 Å². The number of oxazole rings is 1. The van der Waals surface area contributed by atoms with E-state index in [0.717, 1.165) is 99.3 Å². The van der Waals surface area contributed by atoms with Crippen molar-refractivity contribution in [2.75, 3.05) is 45.8 Å². The first-order valence-corrected chi connectivity index (χ1v) is 31.8.